The lowest BCUT2D eigenvalue weighted by molar-refractivity contribution is -0.189. The predicted octanol–water partition coefficient (Wildman–Crippen LogP) is 7.53. The van der Waals surface area contributed by atoms with Crippen molar-refractivity contribution < 1.29 is 44.3 Å². The molecule has 1 nitrogen and oxygen atoms in total. The van der Waals surface area contributed by atoms with Crippen molar-refractivity contribution >= 4 is 0 Å². The lowest BCUT2D eigenvalue weighted by atomic mass is 10.0. The summed E-state index contributed by atoms with van der Waals surface area (Å²) >= 11 is 0. The van der Waals surface area contributed by atoms with E-state index in [1.165, 1.54) is 0 Å². The number of ether oxygens (including phenoxy) is 1. The molecule has 0 heterocycles. The molecule has 3 aromatic rings. The molecule has 0 spiro atoms. The summed E-state index contributed by atoms with van der Waals surface area (Å²) in [6.07, 6.45) is -2.83. The zero-order valence-electron chi connectivity index (χ0n) is 17.9. The molecule has 0 aliphatic carbocycles. The Labute approximate surface area is 194 Å². The monoisotopic (exact) mass is 502 g/mol. The van der Waals surface area contributed by atoms with Crippen molar-refractivity contribution in [3.05, 3.63) is 99.4 Å². The van der Waals surface area contributed by atoms with Crippen LogP contribution in [0.4, 0.5) is 39.5 Å². The van der Waals surface area contributed by atoms with E-state index in [1.54, 1.807) is 0 Å². The SMILES string of the molecule is CCCCc1cc(F)c(C#Cc2cc(F)c(C(F)(F)Oc3cc(F)c(F)c(F)c3)c(F)c2)c(F)c1. The van der Waals surface area contributed by atoms with Crippen molar-refractivity contribution in [3.63, 3.8) is 0 Å². The molecule has 0 aliphatic heterocycles. The van der Waals surface area contributed by atoms with Crippen molar-refractivity contribution in [1.29, 1.82) is 0 Å². The summed E-state index contributed by atoms with van der Waals surface area (Å²) in [4.78, 5) is 0. The van der Waals surface area contributed by atoms with Crippen LogP contribution in [0.15, 0.2) is 36.4 Å². The Kier molecular flexibility index (Phi) is 7.68. The van der Waals surface area contributed by atoms with Gasteiger partial charge in [0, 0.05) is 17.7 Å². The molecule has 0 aliphatic rings. The third-order valence-electron chi connectivity index (χ3n) is 4.79. The van der Waals surface area contributed by atoms with Gasteiger partial charge in [-0.3, -0.25) is 0 Å². The van der Waals surface area contributed by atoms with Crippen molar-refractivity contribution in [1.82, 2.24) is 0 Å². The third kappa shape index (κ3) is 5.91. The highest BCUT2D eigenvalue weighted by Crippen LogP contribution is 2.36. The number of alkyl halides is 2. The Morgan fingerprint density at radius 1 is 0.714 bits per heavy atom. The Morgan fingerprint density at radius 2 is 1.26 bits per heavy atom. The molecule has 0 saturated heterocycles. The summed E-state index contributed by atoms with van der Waals surface area (Å²) in [5.74, 6) is -8.46. The minimum Gasteiger partial charge on any atom is -0.429 e. The highest BCUT2D eigenvalue weighted by atomic mass is 19.3. The van der Waals surface area contributed by atoms with E-state index >= 15 is 0 Å². The number of aryl methyl sites for hydroxylation is 1. The maximum atomic E-state index is 14.4. The van der Waals surface area contributed by atoms with Crippen LogP contribution >= 0.6 is 0 Å². The van der Waals surface area contributed by atoms with Gasteiger partial charge < -0.3 is 4.74 Å². The first-order valence-corrected chi connectivity index (χ1v) is 10.1. The molecule has 35 heavy (non-hydrogen) atoms. The van der Waals surface area contributed by atoms with Crippen molar-refractivity contribution in [3.8, 4) is 17.6 Å². The van der Waals surface area contributed by atoms with Gasteiger partial charge in [0.05, 0.1) is 5.56 Å². The number of benzene rings is 3. The average Bonchev–Trinajstić information content (AvgIpc) is 2.74. The van der Waals surface area contributed by atoms with Gasteiger partial charge in [0.1, 0.15) is 34.6 Å². The highest BCUT2D eigenvalue weighted by molar-refractivity contribution is 5.46. The molecule has 10 heteroatoms. The number of hydrogen-bond acceptors (Lipinski definition) is 1. The molecule has 0 atom stereocenters. The van der Waals surface area contributed by atoms with Crippen LogP contribution in [-0.2, 0) is 12.5 Å². The van der Waals surface area contributed by atoms with Crippen LogP contribution < -0.4 is 4.74 Å². The van der Waals surface area contributed by atoms with Crippen molar-refractivity contribution in [2.45, 2.75) is 32.3 Å². The van der Waals surface area contributed by atoms with Crippen LogP contribution in [0.2, 0.25) is 0 Å². The van der Waals surface area contributed by atoms with E-state index < -0.39 is 69.3 Å². The molecule has 0 N–H and O–H groups in total. The molecular weight excluding hydrogens is 487 g/mol. The van der Waals surface area contributed by atoms with Gasteiger partial charge in [-0.25, -0.2) is 30.7 Å². The molecule has 0 unspecified atom stereocenters. The van der Waals surface area contributed by atoms with Gasteiger partial charge >= 0.3 is 6.11 Å². The lowest BCUT2D eigenvalue weighted by Gasteiger charge is -2.19. The van der Waals surface area contributed by atoms with E-state index in [4.69, 9.17) is 0 Å². The van der Waals surface area contributed by atoms with Crippen LogP contribution in [0.25, 0.3) is 0 Å². The molecule has 0 fully saturated rings. The number of rotatable bonds is 6. The van der Waals surface area contributed by atoms with E-state index in [0.717, 1.165) is 18.6 Å². The van der Waals surface area contributed by atoms with Crippen molar-refractivity contribution in [2.24, 2.45) is 0 Å². The van der Waals surface area contributed by atoms with Crippen LogP contribution in [0.5, 0.6) is 5.75 Å². The first kappa shape index (κ1) is 26.0. The molecule has 0 aromatic heterocycles. The predicted molar refractivity (Wildman–Crippen MR) is 108 cm³/mol. The van der Waals surface area contributed by atoms with Gasteiger partial charge in [0.25, 0.3) is 0 Å². The fourth-order valence-electron chi connectivity index (χ4n) is 3.12. The second-order valence-electron chi connectivity index (χ2n) is 7.42. The maximum Gasteiger partial charge on any atom is 0.432 e. The topological polar surface area (TPSA) is 9.23 Å². The summed E-state index contributed by atoms with van der Waals surface area (Å²) in [5, 5.41) is 0. The summed E-state index contributed by atoms with van der Waals surface area (Å²) in [6, 6.07) is 3.01. The summed E-state index contributed by atoms with van der Waals surface area (Å²) in [6.45, 7) is 1.90. The van der Waals surface area contributed by atoms with E-state index in [9.17, 15) is 39.5 Å². The summed E-state index contributed by atoms with van der Waals surface area (Å²) in [7, 11) is 0. The van der Waals surface area contributed by atoms with Crippen LogP contribution in [-0.4, -0.2) is 0 Å². The molecule has 3 aromatic carbocycles. The van der Waals surface area contributed by atoms with Gasteiger partial charge in [-0.15, -0.1) is 0 Å². The van der Waals surface area contributed by atoms with Crippen molar-refractivity contribution in [2.75, 3.05) is 0 Å². The summed E-state index contributed by atoms with van der Waals surface area (Å²) in [5.41, 5.74) is -2.74. The zero-order valence-corrected chi connectivity index (χ0v) is 17.9. The molecule has 0 amide bonds. The van der Waals surface area contributed by atoms with Gasteiger partial charge in [0.2, 0.25) is 0 Å². The second-order valence-corrected chi connectivity index (χ2v) is 7.42. The quantitative estimate of drug-likeness (QED) is 0.192. The standard InChI is InChI=1S/C25H15F9O/c1-2-3-4-13-7-17(26)16(18(27)8-13)6-5-14-9-19(28)23(20(29)10-14)25(33,34)35-15-11-21(30)24(32)22(31)12-15/h7-12H,2-4H2,1H3. The average molecular weight is 502 g/mol. The van der Waals surface area contributed by atoms with E-state index in [-0.39, 0.29) is 12.1 Å². The normalized spacial score (nSPS) is 11.3. The molecule has 0 saturated carbocycles. The largest absolute Gasteiger partial charge is 0.432 e. The fraction of sp³-hybridized carbons (Fsp3) is 0.200. The van der Waals surface area contributed by atoms with Crippen LogP contribution in [0, 0.1) is 52.6 Å². The fourth-order valence-corrected chi connectivity index (χ4v) is 3.12. The number of hydrogen-bond donors (Lipinski definition) is 0. The van der Waals surface area contributed by atoms with Crippen LogP contribution in [0.1, 0.15) is 42.0 Å². The molecular formula is C25H15F9O. The third-order valence-corrected chi connectivity index (χ3v) is 4.79. The minimum atomic E-state index is -4.77. The number of halogens is 9. The van der Waals surface area contributed by atoms with Gasteiger partial charge in [0.15, 0.2) is 17.5 Å². The Balaban J connectivity index is 1.91. The molecule has 0 bridgehead atoms. The molecule has 3 rings (SSSR count). The van der Waals surface area contributed by atoms with E-state index in [2.05, 4.69) is 16.6 Å². The lowest BCUT2D eigenvalue weighted by Crippen LogP contribution is -2.25. The van der Waals surface area contributed by atoms with Gasteiger partial charge in [-0.05, 0) is 42.7 Å². The van der Waals surface area contributed by atoms with Crippen LogP contribution in [0.3, 0.4) is 0 Å². The zero-order chi connectivity index (χ0) is 25.9. The first-order chi connectivity index (χ1) is 16.4. The Bertz CT molecular complexity index is 1250. The summed E-state index contributed by atoms with van der Waals surface area (Å²) < 4.78 is 129. The molecule has 184 valence electrons. The molecule has 0 radical (unpaired) electrons. The van der Waals surface area contributed by atoms with E-state index in [0.29, 0.717) is 30.5 Å². The second kappa shape index (κ2) is 10.3. The first-order valence-electron chi connectivity index (χ1n) is 10.1. The maximum absolute atomic E-state index is 14.4. The Morgan fingerprint density at radius 3 is 1.77 bits per heavy atom. The minimum absolute atomic E-state index is 0.0681. The number of unbranched alkanes of at least 4 members (excludes halogenated alkanes) is 1. The van der Waals surface area contributed by atoms with E-state index in [1.807, 2.05) is 6.92 Å². The van der Waals surface area contributed by atoms with Gasteiger partial charge in [-0.1, -0.05) is 25.2 Å². The smallest absolute Gasteiger partial charge is 0.429 e. The van der Waals surface area contributed by atoms with Gasteiger partial charge in [-0.2, -0.15) is 8.78 Å². The Hall–Kier alpha value is -3.61. The highest BCUT2D eigenvalue weighted by Gasteiger charge is 2.41.